The van der Waals surface area contributed by atoms with E-state index in [-0.39, 0.29) is 23.8 Å². The topological polar surface area (TPSA) is 136 Å². The standard InChI is InChI=1S/C28H36N8O4S/c1-5-41(38,39)19-30-24-9-7-6-8-23(24)25-11-10-22-17-29-26(33-36(22)25)32-20-16-31-35(18-20)21-12-14-34(15-13-21)27(37)40-28(2,3)4/h6-11,16-18,21,30H,5,12-15,19H2,1-4H3,(H,32,33). The Bertz CT molecular complexity index is 1630. The van der Waals surface area contributed by atoms with Crippen molar-refractivity contribution in [3.05, 3.63) is 55.0 Å². The molecule has 0 unspecified atom stereocenters. The molecule has 1 aromatic carbocycles. The zero-order valence-corrected chi connectivity index (χ0v) is 24.6. The Labute approximate surface area is 239 Å². The average Bonchev–Trinajstić information content (AvgIpc) is 3.58. The summed E-state index contributed by atoms with van der Waals surface area (Å²) in [6.07, 6.45) is 6.67. The van der Waals surface area contributed by atoms with Gasteiger partial charge < -0.3 is 20.3 Å². The molecule has 41 heavy (non-hydrogen) atoms. The molecule has 1 saturated heterocycles. The van der Waals surface area contributed by atoms with E-state index < -0.39 is 15.4 Å². The summed E-state index contributed by atoms with van der Waals surface area (Å²) in [5.41, 5.74) is 3.37. The van der Waals surface area contributed by atoms with Gasteiger partial charge in [0.15, 0.2) is 9.84 Å². The summed E-state index contributed by atoms with van der Waals surface area (Å²) < 4.78 is 33.3. The number of hydrogen-bond acceptors (Lipinski definition) is 9. The van der Waals surface area contributed by atoms with Gasteiger partial charge in [-0.1, -0.05) is 25.1 Å². The van der Waals surface area contributed by atoms with Crippen molar-refractivity contribution in [1.82, 2.24) is 29.3 Å². The maximum absolute atomic E-state index is 12.4. The molecular weight excluding hydrogens is 544 g/mol. The molecule has 1 fully saturated rings. The Morgan fingerprint density at radius 1 is 1.10 bits per heavy atom. The second kappa shape index (κ2) is 11.4. The summed E-state index contributed by atoms with van der Waals surface area (Å²) >= 11 is 0. The van der Waals surface area contributed by atoms with E-state index in [9.17, 15) is 13.2 Å². The van der Waals surface area contributed by atoms with E-state index in [1.165, 1.54) is 0 Å². The predicted molar refractivity (Wildman–Crippen MR) is 158 cm³/mol. The van der Waals surface area contributed by atoms with Crippen LogP contribution < -0.4 is 10.6 Å². The number of carbonyl (C=O) groups excluding carboxylic acids is 1. The zero-order valence-electron chi connectivity index (χ0n) is 23.7. The van der Waals surface area contributed by atoms with E-state index in [0.29, 0.717) is 24.7 Å². The predicted octanol–water partition coefficient (Wildman–Crippen LogP) is 4.71. The van der Waals surface area contributed by atoms with Crippen molar-refractivity contribution in [1.29, 1.82) is 0 Å². The number of amides is 1. The second-order valence-electron chi connectivity index (χ2n) is 11.1. The minimum absolute atomic E-state index is 0.0698. The van der Waals surface area contributed by atoms with Crippen LogP contribution in [0.25, 0.3) is 16.8 Å². The fourth-order valence-corrected chi connectivity index (χ4v) is 5.26. The van der Waals surface area contributed by atoms with Crippen LogP contribution in [-0.2, 0) is 14.6 Å². The number of aromatic nitrogens is 5. The van der Waals surface area contributed by atoms with Gasteiger partial charge in [-0.2, -0.15) is 5.10 Å². The van der Waals surface area contributed by atoms with Gasteiger partial charge in [0.05, 0.1) is 35.3 Å². The first-order chi connectivity index (χ1) is 19.5. The quantitative estimate of drug-likeness (QED) is 0.304. The number of likely N-dealkylation sites (tertiary alicyclic amines) is 1. The van der Waals surface area contributed by atoms with Crippen LogP contribution in [0.15, 0.2) is 55.0 Å². The monoisotopic (exact) mass is 580 g/mol. The number of piperidine rings is 1. The van der Waals surface area contributed by atoms with E-state index in [1.54, 1.807) is 28.7 Å². The number of ether oxygens (including phenoxy) is 1. The third-order valence-electron chi connectivity index (χ3n) is 6.87. The maximum Gasteiger partial charge on any atom is 0.410 e. The highest BCUT2D eigenvalue weighted by atomic mass is 32.2. The molecule has 1 amide bonds. The third-order valence-corrected chi connectivity index (χ3v) is 8.34. The average molecular weight is 581 g/mol. The number of fused-ring (bicyclic) bond motifs is 1. The Kier molecular flexibility index (Phi) is 7.89. The lowest BCUT2D eigenvalue weighted by Gasteiger charge is -2.33. The number of hydrogen-bond donors (Lipinski definition) is 2. The van der Waals surface area contributed by atoms with Crippen molar-refractivity contribution in [2.45, 2.75) is 52.2 Å². The molecule has 4 aromatic rings. The molecule has 218 valence electrons. The zero-order chi connectivity index (χ0) is 29.2. The normalized spacial score (nSPS) is 14.8. The number of rotatable bonds is 8. The summed E-state index contributed by atoms with van der Waals surface area (Å²) in [4.78, 5) is 18.6. The van der Waals surface area contributed by atoms with E-state index >= 15 is 0 Å². The molecule has 4 heterocycles. The molecule has 5 rings (SSSR count). The molecule has 0 bridgehead atoms. The molecule has 3 aromatic heterocycles. The molecule has 0 radical (unpaired) electrons. The molecule has 12 nitrogen and oxygen atoms in total. The Hall–Kier alpha value is -4.13. The van der Waals surface area contributed by atoms with Crippen LogP contribution in [-0.4, -0.2) is 74.1 Å². The minimum atomic E-state index is -3.19. The highest BCUT2D eigenvalue weighted by Crippen LogP contribution is 2.30. The van der Waals surface area contributed by atoms with Crippen LogP contribution in [0, 0.1) is 0 Å². The van der Waals surface area contributed by atoms with Crippen molar-refractivity contribution < 1.29 is 17.9 Å². The molecular formula is C28H36N8O4S. The summed E-state index contributed by atoms with van der Waals surface area (Å²) in [5.74, 6) is 0.323. The lowest BCUT2D eigenvalue weighted by molar-refractivity contribution is 0.0184. The summed E-state index contributed by atoms with van der Waals surface area (Å²) in [5, 5.41) is 15.6. The van der Waals surface area contributed by atoms with Crippen molar-refractivity contribution in [2.24, 2.45) is 0 Å². The van der Waals surface area contributed by atoms with E-state index in [1.807, 2.05) is 68.0 Å². The maximum atomic E-state index is 12.4. The van der Waals surface area contributed by atoms with Crippen LogP contribution >= 0.6 is 0 Å². The van der Waals surface area contributed by atoms with Crippen LogP contribution in [0.1, 0.15) is 46.6 Å². The Morgan fingerprint density at radius 3 is 2.59 bits per heavy atom. The SMILES string of the molecule is CCS(=O)(=O)CNc1ccccc1-c1ccc2cnc(Nc3cnn(C4CCN(C(=O)OC(C)(C)C)CC4)c3)nn12. The summed E-state index contributed by atoms with van der Waals surface area (Å²) in [7, 11) is -3.19. The summed E-state index contributed by atoms with van der Waals surface area (Å²) in [6, 6.07) is 11.6. The van der Waals surface area contributed by atoms with Gasteiger partial charge in [0.1, 0.15) is 11.5 Å². The van der Waals surface area contributed by atoms with Gasteiger partial charge in [0.2, 0.25) is 5.95 Å². The number of benzene rings is 1. The molecule has 0 aliphatic carbocycles. The first-order valence-electron chi connectivity index (χ1n) is 13.7. The Balaban J connectivity index is 1.28. The van der Waals surface area contributed by atoms with Crippen molar-refractivity contribution in [3.63, 3.8) is 0 Å². The molecule has 0 saturated carbocycles. The van der Waals surface area contributed by atoms with Gasteiger partial charge in [-0.05, 0) is 51.8 Å². The van der Waals surface area contributed by atoms with E-state index in [0.717, 1.165) is 35.3 Å². The van der Waals surface area contributed by atoms with Gasteiger partial charge in [0, 0.05) is 36.3 Å². The van der Waals surface area contributed by atoms with Gasteiger partial charge in [0.25, 0.3) is 0 Å². The van der Waals surface area contributed by atoms with E-state index in [4.69, 9.17) is 9.84 Å². The molecule has 1 aliphatic heterocycles. The molecule has 2 N–H and O–H groups in total. The Morgan fingerprint density at radius 2 is 1.85 bits per heavy atom. The largest absolute Gasteiger partial charge is 0.444 e. The number of anilines is 3. The minimum Gasteiger partial charge on any atom is -0.444 e. The highest BCUT2D eigenvalue weighted by molar-refractivity contribution is 7.91. The number of carbonyl (C=O) groups is 1. The first-order valence-corrected chi connectivity index (χ1v) is 15.5. The molecule has 0 spiro atoms. The lowest BCUT2D eigenvalue weighted by atomic mass is 10.1. The van der Waals surface area contributed by atoms with Gasteiger partial charge in [-0.3, -0.25) is 4.68 Å². The van der Waals surface area contributed by atoms with Crippen LogP contribution in [0.3, 0.4) is 0 Å². The van der Waals surface area contributed by atoms with Crippen molar-refractivity contribution >= 4 is 38.8 Å². The number of nitrogens with one attached hydrogen (secondary N) is 2. The third kappa shape index (κ3) is 6.79. The van der Waals surface area contributed by atoms with Gasteiger partial charge >= 0.3 is 6.09 Å². The van der Waals surface area contributed by atoms with Crippen molar-refractivity contribution in [3.8, 4) is 11.3 Å². The fraction of sp³-hybridized carbons (Fsp3) is 0.429. The van der Waals surface area contributed by atoms with E-state index in [2.05, 4.69) is 20.7 Å². The molecule has 13 heteroatoms. The lowest BCUT2D eigenvalue weighted by Crippen LogP contribution is -2.42. The second-order valence-corrected chi connectivity index (χ2v) is 13.4. The van der Waals surface area contributed by atoms with Gasteiger partial charge in [-0.25, -0.2) is 22.7 Å². The van der Waals surface area contributed by atoms with Crippen LogP contribution in [0.2, 0.25) is 0 Å². The first kappa shape index (κ1) is 28.4. The number of nitrogens with zero attached hydrogens (tertiary/aromatic N) is 6. The smallest absolute Gasteiger partial charge is 0.410 e. The highest BCUT2D eigenvalue weighted by Gasteiger charge is 2.28. The number of sulfone groups is 1. The molecule has 0 atom stereocenters. The van der Waals surface area contributed by atoms with Gasteiger partial charge in [-0.15, -0.1) is 5.10 Å². The number of para-hydroxylation sites is 1. The van der Waals surface area contributed by atoms with Crippen LogP contribution in [0.4, 0.5) is 22.1 Å². The van der Waals surface area contributed by atoms with Crippen molar-refractivity contribution in [2.75, 3.05) is 35.4 Å². The molecule has 1 aliphatic rings. The fourth-order valence-electron chi connectivity index (χ4n) is 4.68. The summed E-state index contributed by atoms with van der Waals surface area (Å²) in [6.45, 7) is 8.46. The van der Waals surface area contributed by atoms with Crippen LogP contribution in [0.5, 0.6) is 0 Å².